The van der Waals surface area contributed by atoms with E-state index in [1.54, 1.807) is 30.3 Å². The van der Waals surface area contributed by atoms with Gasteiger partial charge in [0.15, 0.2) is 11.5 Å². The highest BCUT2D eigenvalue weighted by molar-refractivity contribution is 6.30. The summed E-state index contributed by atoms with van der Waals surface area (Å²) in [7, 11) is 0. The fraction of sp³-hybridized carbons (Fsp3) is 0.0714. The van der Waals surface area contributed by atoms with Crippen molar-refractivity contribution in [1.82, 2.24) is 15.5 Å². The minimum Gasteiger partial charge on any atom is -0.347 e. The number of hydrogen-bond donors (Lipinski definition) is 2. The predicted octanol–water partition coefficient (Wildman–Crippen LogP) is 2.79. The summed E-state index contributed by atoms with van der Waals surface area (Å²) in [5.41, 5.74) is 1.10. The molecule has 1 aromatic carbocycles. The van der Waals surface area contributed by atoms with Crippen molar-refractivity contribution in [1.29, 1.82) is 0 Å². The number of hydrogen-bond acceptors (Lipinski definition) is 4. The Bertz CT molecular complexity index is 596. The smallest absolute Gasteiger partial charge is 0.272 e. The van der Waals surface area contributed by atoms with E-state index in [-0.39, 0.29) is 11.6 Å². The molecule has 1 heterocycles. The summed E-state index contributed by atoms with van der Waals surface area (Å²) in [4.78, 5) is 11.6. The standard InChI is InChI=1S/C14H13ClN4O/c1-2-9-16-14(20)12-7-8-13(19-18-12)17-11-5-3-10(15)4-6-11/h2-8H,1,9H2,(H,16,20)(H,17,19). The van der Waals surface area contributed by atoms with Crippen LogP contribution in [0.1, 0.15) is 10.5 Å². The fourth-order valence-corrected chi connectivity index (χ4v) is 1.58. The molecule has 5 nitrogen and oxygen atoms in total. The second kappa shape index (κ2) is 6.68. The lowest BCUT2D eigenvalue weighted by Crippen LogP contribution is -2.24. The molecule has 0 aliphatic rings. The van der Waals surface area contributed by atoms with Gasteiger partial charge in [-0.25, -0.2) is 0 Å². The fourth-order valence-electron chi connectivity index (χ4n) is 1.46. The lowest BCUT2D eigenvalue weighted by atomic mass is 10.3. The zero-order valence-electron chi connectivity index (χ0n) is 10.6. The van der Waals surface area contributed by atoms with Crippen LogP contribution < -0.4 is 10.6 Å². The molecule has 0 unspecified atom stereocenters. The first-order valence-corrected chi connectivity index (χ1v) is 6.32. The van der Waals surface area contributed by atoms with E-state index >= 15 is 0 Å². The summed E-state index contributed by atoms with van der Waals surface area (Å²) < 4.78 is 0. The number of halogens is 1. The molecule has 0 bridgehead atoms. The molecule has 1 amide bonds. The van der Waals surface area contributed by atoms with Crippen molar-refractivity contribution < 1.29 is 4.79 Å². The van der Waals surface area contributed by atoms with Crippen LogP contribution in [-0.4, -0.2) is 22.6 Å². The lowest BCUT2D eigenvalue weighted by molar-refractivity contribution is 0.0952. The van der Waals surface area contributed by atoms with Crippen LogP contribution in [0, 0.1) is 0 Å². The van der Waals surface area contributed by atoms with E-state index in [4.69, 9.17) is 11.6 Å². The average molecular weight is 289 g/mol. The number of carbonyl (C=O) groups is 1. The minimum absolute atomic E-state index is 0.258. The predicted molar refractivity (Wildman–Crippen MR) is 79.3 cm³/mol. The maximum absolute atomic E-state index is 11.6. The highest BCUT2D eigenvalue weighted by Gasteiger charge is 2.06. The van der Waals surface area contributed by atoms with Gasteiger partial charge in [-0.15, -0.1) is 16.8 Å². The van der Waals surface area contributed by atoms with Crippen molar-refractivity contribution >= 4 is 29.0 Å². The number of anilines is 2. The Kier molecular flexibility index (Phi) is 4.68. The number of carbonyl (C=O) groups excluding carboxylic acids is 1. The minimum atomic E-state index is -0.282. The Labute approximate surface area is 121 Å². The number of rotatable bonds is 5. The summed E-state index contributed by atoms with van der Waals surface area (Å²) in [6.45, 7) is 3.92. The van der Waals surface area contributed by atoms with Crippen LogP contribution >= 0.6 is 11.6 Å². The molecule has 102 valence electrons. The lowest BCUT2D eigenvalue weighted by Gasteiger charge is -2.05. The van der Waals surface area contributed by atoms with Crippen molar-refractivity contribution in [3.8, 4) is 0 Å². The molecule has 6 heteroatoms. The number of aromatic nitrogens is 2. The number of nitrogens with one attached hydrogen (secondary N) is 2. The summed E-state index contributed by atoms with van der Waals surface area (Å²) in [5, 5.41) is 14.2. The van der Waals surface area contributed by atoms with Crippen molar-refractivity contribution in [3.63, 3.8) is 0 Å². The van der Waals surface area contributed by atoms with E-state index in [9.17, 15) is 4.79 Å². The molecule has 0 aliphatic carbocycles. The van der Waals surface area contributed by atoms with Gasteiger partial charge in [-0.2, -0.15) is 0 Å². The van der Waals surface area contributed by atoms with E-state index in [0.717, 1.165) is 5.69 Å². The van der Waals surface area contributed by atoms with E-state index in [2.05, 4.69) is 27.4 Å². The highest BCUT2D eigenvalue weighted by Crippen LogP contribution is 2.17. The van der Waals surface area contributed by atoms with Crippen LogP contribution in [0.3, 0.4) is 0 Å². The summed E-state index contributed by atoms with van der Waals surface area (Å²) in [6, 6.07) is 10.5. The molecular weight excluding hydrogens is 276 g/mol. The SMILES string of the molecule is C=CCNC(=O)c1ccc(Nc2ccc(Cl)cc2)nn1. The van der Waals surface area contributed by atoms with Crippen LogP contribution in [0.4, 0.5) is 11.5 Å². The summed E-state index contributed by atoms with van der Waals surface area (Å²) in [5.74, 6) is 0.267. The van der Waals surface area contributed by atoms with Crippen molar-refractivity contribution in [2.24, 2.45) is 0 Å². The molecule has 0 saturated heterocycles. The number of benzene rings is 1. The van der Waals surface area contributed by atoms with Crippen LogP contribution in [0.5, 0.6) is 0 Å². The molecule has 0 fully saturated rings. The van der Waals surface area contributed by atoms with Gasteiger partial charge >= 0.3 is 0 Å². The van der Waals surface area contributed by atoms with Crippen LogP contribution in [0.2, 0.25) is 5.02 Å². The third-order valence-corrected chi connectivity index (χ3v) is 2.67. The van der Waals surface area contributed by atoms with Gasteiger partial charge in [0.1, 0.15) is 0 Å². The Balaban J connectivity index is 2.02. The first-order chi connectivity index (χ1) is 9.69. The Morgan fingerprint density at radius 3 is 2.55 bits per heavy atom. The summed E-state index contributed by atoms with van der Waals surface area (Å²) >= 11 is 5.80. The Hall–Kier alpha value is -2.40. The Morgan fingerprint density at radius 2 is 1.95 bits per heavy atom. The molecule has 0 spiro atoms. The molecule has 1 aromatic heterocycles. The van der Waals surface area contributed by atoms with Gasteiger partial charge in [0.05, 0.1) is 0 Å². The zero-order chi connectivity index (χ0) is 14.4. The first-order valence-electron chi connectivity index (χ1n) is 5.94. The molecular formula is C14H13ClN4O. The highest BCUT2D eigenvalue weighted by atomic mass is 35.5. The van der Waals surface area contributed by atoms with Crippen LogP contribution in [-0.2, 0) is 0 Å². The molecule has 0 saturated carbocycles. The number of nitrogens with zero attached hydrogens (tertiary/aromatic N) is 2. The third-order valence-electron chi connectivity index (χ3n) is 2.42. The van der Waals surface area contributed by atoms with Crippen LogP contribution in [0.15, 0.2) is 49.1 Å². The van der Waals surface area contributed by atoms with Gasteiger partial charge in [0.2, 0.25) is 0 Å². The third kappa shape index (κ3) is 3.80. The van der Waals surface area contributed by atoms with Gasteiger partial charge in [-0.1, -0.05) is 17.7 Å². The Morgan fingerprint density at radius 1 is 1.20 bits per heavy atom. The topological polar surface area (TPSA) is 66.9 Å². The van der Waals surface area contributed by atoms with E-state index < -0.39 is 0 Å². The number of amides is 1. The second-order valence-electron chi connectivity index (χ2n) is 3.93. The second-order valence-corrected chi connectivity index (χ2v) is 4.37. The molecule has 0 atom stereocenters. The quantitative estimate of drug-likeness (QED) is 0.830. The molecule has 0 aliphatic heterocycles. The maximum Gasteiger partial charge on any atom is 0.272 e. The zero-order valence-corrected chi connectivity index (χ0v) is 11.4. The largest absolute Gasteiger partial charge is 0.347 e. The normalized spacial score (nSPS) is 9.85. The first kappa shape index (κ1) is 14.0. The van der Waals surface area contributed by atoms with Gasteiger partial charge in [-0.05, 0) is 36.4 Å². The molecule has 2 rings (SSSR count). The van der Waals surface area contributed by atoms with E-state index in [1.807, 2.05) is 12.1 Å². The van der Waals surface area contributed by atoms with Gasteiger partial charge in [-0.3, -0.25) is 4.79 Å². The van der Waals surface area contributed by atoms with Crippen molar-refractivity contribution in [2.45, 2.75) is 0 Å². The van der Waals surface area contributed by atoms with Crippen molar-refractivity contribution in [3.05, 3.63) is 59.8 Å². The molecule has 2 aromatic rings. The molecule has 0 radical (unpaired) electrons. The monoisotopic (exact) mass is 288 g/mol. The molecule has 20 heavy (non-hydrogen) atoms. The summed E-state index contributed by atoms with van der Waals surface area (Å²) in [6.07, 6.45) is 1.60. The average Bonchev–Trinajstić information content (AvgIpc) is 2.48. The van der Waals surface area contributed by atoms with Crippen molar-refractivity contribution in [2.75, 3.05) is 11.9 Å². The van der Waals surface area contributed by atoms with Gasteiger partial charge in [0, 0.05) is 17.3 Å². The van der Waals surface area contributed by atoms with E-state index in [0.29, 0.717) is 17.4 Å². The van der Waals surface area contributed by atoms with Crippen LogP contribution in [0.25, 0.3) is 0 Å². The maximum atomic E-state index is 11.6. The van der Waals surface area contributed by atoms with E-state index in [1.165, 1.54) is 0 Å². The van der Waals surface area contributed by atoms with Gasteiger partial charge in [0.25, 0.3) is 5.91 Å². The van der Waals surface area contributed by atoms with Gasteiger partial charge < -0.3 is 10.6 Å². The molecule has 2 N–H and O–H groups in total.